The zero-order valence-electron chi connectivity index (χ0n) is 13.6. The molecule has 0 saturated heterocycles. The zero-order chi connectivity index (χ0) is 15.3. The topological polar surface area (TPSA) is 56.3 Å². The van der Waals surface area contributed by atoms with Crippen LogP contribution in [-0.2, 0) is 21.7 Å². The molecule has 0 spiro atoms. The minimum absolute atomic E-state index is 0.356. The number of methoxy groups -OCH3 is 2. The summed E-state index contributed by atoms with van der Waals surface area (Å²) in [6.45, 7) is 5.66. The molecule has 21 heavy (non-hydrogen) atoms. The van der Waals surface area contributed by atoms with E-state index >= 15 is 0 Å². The normalized spacial score (nSPS) is 25.8. The Morgan fingerprint density at radius 1 is 1.38 bits per heavy atom. The molecule has 1 aromatic heterocycles. The molecule has 2 atom stereocenters. The van der Waals surface area contributed by atoms with E-state index in [0.717, 1.165) is 43.1 Å². The molecule has 5 nitrogen and oxygen atoms in total. The highest BCUT2D eigenvalue weighted by molar-refractivity contribution is 5.36. The molecule has 5 heteroatoms. The van der Waals surface area contributed by atoms with Crippen molar-refractivity contribution in [2.75, 3.05) is 26.1 Å². The first-order chi connectivity index (χ1) is 10.1. The van der Waals surface area contributed by atoms with Gasteiger partial charge in [0, 0.05) is 26.8 Å². The van der Waals surface area contributed by atoms with E-state index in [2.05, 4.69) is 19.2 Å². The average Bonchev–Trinajstić information content (AvgIpc) is 2.47. The second kappa shape index (κ2) is 7.18. The minimum Gasteiger partial charge on any atom is -0.378 e. The maximum atomic E-state index is 5.91. The third-order valence-corrected chi connectivity index (χ3v) is 4.18. The van der Waals surface area contributed by atoms with Gasteiger partial charge in [-0.05, 0) is 32.1 Å². The molecule has 1 heterocycles. The van der Waals surface area contributed by atoms with Crippen molar-refractivity contribution in [3.05, 3.63) is 17.6 Å². The highest BCUT2D eigenvalue weighted by Crippen LogP contribution is 2.41. The third kappa shape index (κ3) is 3.71. The van der Waals surface area contributed by atoms with E-state index in [1.807, 2.05) is 6.07 Å². The lowest BCUT2D eigenvalue weighted by molar-refractivity contribution is -0.0648. The summed E-state index contributed by atoms with van der Waals surface area (Å²) in [5.41, 5.74) is 0.541. The van der Waals surface area contributed by atoms with Crippen LogP contribution < -0.4 is 5.32 Å². The summed E-state index contributed by atoms with van der Waals surface area (Å²) in [5.74, 6) is 2.28. The Morgan fingerprint density at radius 2 is 2.19 bits per heavy atom. The van der Waals surface area contributed by atoms with Crippen LogP contribution >= 0.6 is 0 Å². The van der Waals surface area contributed by atoms with Crippen LogP contribution in [0.3, 0.4) is 0 Å². The monoisotopic (exact) mass is 293 g/mol. The molecule has 2 unspecified atom stereocenters. The largest absolute Gasteiger partial charge is 0.378 e. The molecular formula is C16H27N3O2. The Bertz CT molecular complexity index is 443. The molecule has 0 aliphatic heterocycles. The van der Waals surface area contributed by atoms with E-state index in [1.165, 1.54) is 6.42 Å². The van der Waals surface area contributed by atoms with Gasteiger partial charge in [0.1, 0.15) is 11.4 Å². The van der Waals surface area contributed by atoms with Crippen LogP contribution in [0.4, 0.5) is 5.82 Å². The fourth-order valence-electron chi connectivity index (χ4n) is 3.18. The SMILES string of the molecule is CCNc1cc(COC)nc(C2(OC)CCCC(C)C2)n1. The number of ether oxygens (including phenoxy) is 2. The number of rotatable bonds is 6. The molecule has 0 bridgehead atoms. The van der Waals surface area contributed by atoms with Gasteiger partial charge in [-0.1, -0.05) is 13.3 Å². The Kier molecular flexibility index (Phi) is 5.53. The number of nitrogens with one attached hydrogen (secondary N) is 1. The number of anilines is 1. The van der Waals surface area contributed by atoms with Crippen LogP contribution in [0.15, 0.2) is 6.07 Å². The van der Waals surface area contributed by atoms with Crippen LogP contribution in [0.1, 0.15) is 51.0 Å². The van der Waals surface area contributed by atoms with Crippen molar-refractivity contribution < 1.29 is 9.47 Å². The van der Waals surface area contributed by atoms with Crippen LogP contribution in [-0.4, -0.2) is 30.7 Å². The van der Waals surface area contributed by atoms with E-state index in [1.54, 1.807) is 14.2 Å². The number of aromatic nitrogens is 2. The van der Waals surface area contributed by atoms with E-state index in [4.69, 9.17) is 19.4 Å². The molecule has 2 rings (SSSR count). The fourth-order valence-corrected chi connectivity index (χ4v) is 3.18. The average molecular weight is 293 g/mol. The summed E-state index contributed by atoms with van der Waals surface area (Å²) in [7, 11) is 3.46. The van der Waals surface area contributed by atoms with Gasteiger partial charge in [-0.15, -0.1) is 0 Å². The van der Waals surface area contributed by atoms with Gasteiger partial charge < -0.3 is 14.8 Å². The lowest BCUT2D eigenvalue weighted by Crippen LogP contribution is -2.36. The quantitative estimate of drug-likeness (QED) is 0.873. The Morgan fingerprint density at radius 3 is 2.81 bits per heavy atom. The number of hydrogen-bond donors (Lipinski definition) is 1. The van der Waals surface area contributed by atoms with E-state index in [0.29, 0.717) is 12.5 Å². The summed E-state index contributed by atoms with van der Waals surface area (Å²) < 4.78 is 11.1. The second-order valence-corrected chi connectivity index (χ2v) is 5.93. The van der Waals surface area contributed by atoms with Gasteiger partial charge in [0.2, 0.25) is 0 Å². The fraction of sp³-hybridized carbons (Fsp3) is 0.750. The van der Waals surface area contributed by atoms with Crippen molar-refractivity contribution in [2.45, 2.75) is 51.7 Å². The van der Waals surface area contributed by atoms with Gasteiger partial charge >= 0.3 is 0 Å². The van der Waals surface area contributed by atoms with Crippen molar-refractivity contribution in [3.8, 4) is 0 Å². The van der Waals surface area contributed by atoms with Crippen LogP contribution in [0.25, 0.3) is 0 Å². The second-order valence-electron chi connectivity index (χ2n) is 5.93. The molecule has 1 N–H and O–H groups in total. The minimum atomic E-state index is -0.356. The summed E-state index contributed by atoms with van der Waals surface area (Å²) in [4.78, 5) is 9.41. The van der Waals surface area contributed by atoms with Crippen molar-refractivity contribution in [1.29, 1.82) is 0 Å². The molecule has 1 aliphatic rings. The highest BCUT2D eigenvalue weighted by atomic mass is 16.5. The Labute approximate surface area is 127 Å². The summed E-state index contributed by atoms with van der Waals surface area (Å²) in [5, 5.41) is 3.28. The predicted octanol–water partition coefficient (Wildman–Crippen LogP) is 3.11. The first kappa shape index (κ1) is 16.2. The van der Waals surface area contributed by atoms with Crippen LogP contribution in [0, 0.1) is 5.92 Å². The van der Waals surface area contributed by atoms with Crippen molar-refractivity contribution in [3.63, 3.8) is 0 Å². The lowest BCUT2D eigenvalue weighted by Gasteiger charge is -2.37. The van der Waals surface area contributed by atoms with Gasteiger partial charge in [-0.2, -0.15) is 0 Å². The number of hydrogen-bond acceptors (Lipinski definition) is 5. The van der Waals surface area contributed by atoms with E-state index in [9.17, 15) is 0 Å². The molecule has 0 aromatic carbocycles. The van der Waals surface area contributed by atoms with Gasteiger partial charge in [-0.25, -0.2) is 9.97 Å². The maximum absolute atomic E-state index is 5.91. The molecule has 0 amide bonds. The molecular weight excluding hydrogens is 266 g/mol. The van der Waals surface area contributed by atoms with Crippen molar-refractivity contribution in [2.24, 2.45) is 5.92 Å². The maximum Gasteiger partial charge on any atom is 0.162 e. The molecule has 1 aromatic rings. The first-order valence-corrected chi connectivity index (χ1v) is 7.80. The zero-order valence-corrected chi connectivity index (χ0v) is 13.6. The summed E-state index contributed by atoms with van der Waals surface area (Å²) in [6, 6.07) is 1.95. The highest BCUT2D eigenvalue weighted by Gasteiger charge is 2.39. The first-order valence-electron chi connectivity index (χ1n) is 7.80. The van der Waals surface area contributed by atoms with E-state index in [-0.39, 0.29) is 5.60 Å². The standard InChI is InChI=1S/C16H27N3O2/c1-5-17-14-9-13(11-20-3)18-15(19-14)16(21-4)8-6-7-12(2)10-16/h9,12H,5-8,10-11H2,1-4H3,(H,17,18,19). The third-order valence-electron chi connectivity index (χ3n) is 4.18. The predicted molar refractivity (Wildman–Crippen MR) is 83.2 cm³/mol. The van der Waals surface area contributed by atoms with Crippen LogP contribution in [0.2, 0.25) is 0 Å². The van der Waals surface area contributed by atoms with Crippen molar-refractivity contribution >= 4 is 5.82 Å². The van der Waals surface area contributed by atoms with E-state index < -0.39 is 0 Å². The smallest absolute Gasteiger partial charge is 0.162 e. The van der Waals surface area contributed by atoms with Gasteiger partial charge in [0.15, 0.2) is 5.82 Å². The molecule has 118 valence electrons. The molecule has 1 saturated carbocycles. The summed E-state index contributed by atoms with van der Waals surface area (Å²) >= 11 is 0. The van der Waals surface area contributed by atoms with Gasteiger partial charge in [0.25, 0.3) is 0 Å². The Balaban J connectivity index is 2.38. The number of nitrogens with zero attached hydrogens (tertiary/aromatic N) is 2. The summed E-state index contributed by atoms with van der Waals surface area (Å²) in [6.07, 6.45) is 4.37. The molecule has 0 radical (unpaired) electrons. The lowest BCUT2D eigenvalue weighted by atomic mass is 9.78. The van der Waals surface area contributed by atoms with Crippen LogP contribution in [0.5, 0.6) is 0 Å². The van der Waals surface area contributed by atoms with Gasteiger partial charge in [-0.3, -0.25) is 0 Å². The van der Waals surface area contributed by atoms with Crippen molar-refractivity contribution in [1.82, 2.24) is 9.97 Å². The van der Waals surface area contributed by atoms with Gasteiger partial charge in [0.05, 0.1) is 12.3 Å². The molecule has 1 aliphatic carbocycles. The Hall–Kier alpha value is -1.20. The molecule has 1 fully saturated rings.